The molecule has 1 saturated heterocycles. The number of morpholine rings is 1. The molecule has 0 saturated carbocycles. The smallest absolute Gasteiger partial charge is 0.296 e. The second-order valence-corrected chi connectivity index (χ2v) is 6.41. The van der Waals surface area contributed by atoms with Crippen molar-refractivity contribution < 1.29 is 19.0 Å². The van der Waals surface area contributed by atoms with Crippen LogP contribution in [0, 0.1) is 5.82 Å². The molecule has 10 heteroatoms. The van der Waals surface area contributed by atoms with Crippen LogP contribution in [0.4, 0.5) is 4.39 Å². The monoisotopic (exact) mass is 412 g/mol. The molecule has 1 atom stereocenters. The number of hydrogen-bond acceptors (Lipinski definition) is 6. The molecule has 0 spiro atoms. The molecular weight excluding hydrogens is 391 g/mol. The molecule has 28 heavy (non-hydrogen) atoms. The Kier molecular flexibility index (Phi) is 7.11. The van der Waals surface area contributed by atoms with Gasteiger partial charge in [0.2, 0.25) is 5.75 Å². The van der Waals surface area contributed by atoms with Gasteiger partial charge >= 0.3 is 0 Å². The van der Waals surface area contributed by atoms with Crippen LogP contribution in [0.5, 0.6) is 5.75 Å². The Labute approximate surface area is 167 Å². The highest BCUT2D eigenvalue weighted by molar-refractivity contribution is 5.94. The van der Waals surface area contributed by atoms with E-state index in [9.17, 15) is 19.1 Å². The van der Waals surface area contributed by atoms with Crippen LogP contribution < -0.4 is 10.9 Å². The lowest BCUT2D eigenvalue weighted by Crippen LogP contribution is -2.41. The fourth-order valence-electron chi connectivity index (χ4n) is 2.89. The van der Waals surface area contributed by atoms with Crippen LogP contribution >= 0.6 is 12.4 Å². The number of halogens is 2. The van der Waals surface area contributed by atoms with Crippen molar-refractivity contribution in [3.8, 4) is 5.75 Å². The molecule has 1 aliphatic rings. The molecule has 1 amide bonds. The summed E-state index contributed by atoms with van der Waals surface area (Å²) in [6, 6.07) is 5.33. The van der Waals surface area contributed by atoms with Gasteiger partial charge in [-0.25, -0.2) is 9.37 Å². The number of rotatable bonds is 4. The number of aromatic hydroxyl groups is 1. The number of amides is 1. The van der Waals surface area contributed by atoms with Gasteiger partial charge in [0, 0.05) is 20.1 Å². The zero-order chi connectivity index (χ0) is 19.6. The number of likely N-dealkylation sites (N-methyl/N-ethyl adjacent to an activating group) is 1. The van der Waals surface area contributed by atoms with Crippen LogP contribution in [0.2, 0.25) is 0 Å². The van der Waals surface area contributed by atoms with E-state index >= 15 is 0 Å². The number of hydrogen-bond donors (Lipinski definition) is 2. The predicted molar refractivity (Wildman–Crippen MR) is 102 cm³/mol. The quantitative estimate of drug-likeness (QED) is 0.777. The van der Waals surface area contributed by atoms with Crippen molar-refractivity contribution in [1.82, 2.24) is 19.8 Å². The Bertz CT molecular complexity index is 904. The fourth-order valence-corrected chi connectivity index (χ4v) is 2.89. The minimum atomic E-state index is -0.711. The van der Waals surface area contributed by atoms with Crippen LogP contribution in [0.3, 0.4) is 0 Å². The molecule has 3 rings (SSSR count). The van der Waals surface area contributed by atoms with E-state index in [-0.39, 0.29) is 36.5 Å². The lowest BCUT2D eigenvalue weighted by molar-refractivity contribution is 0.000180. The third-order valence-corrected chi connectivity index (χ3v) is 4.58. The third-order valence-electron chi connectivity index (χ3n) is 4.58. The summed E-state index contributed by atoms with van der Waals surface area (Å²) in [7, 11) is 3.37. The Morgan fingerprint density at radius 3 is 2.68 bits per heavy atom. The van der Waals surface area contributed by atoms with E-state index in [1.807, 2.05) is 11.9 Å². The highest BCUT2D eigenvalue weighted by Crippen LogP contribution is 2.22. The lowest BCUT2D eigenvalue weighted by Gasteiger charge is -2.32. The van der Waals surface area contributed by atoms with Crippen molar-refractivity contribution in [2.75, 3.05) is 26.8 Å². The van der Waals surface area contributed by atoms with Gasteiger partial charge in [0.05, 0.1) is 19.3 Å². The van der Waals surface area contributed by atoms with Gasteiger partial charge < -0.3 is 15.2 Å². The maximum absolute atomic E-state index is 13.0. The Balaban J connectivity index is 0.00000280. The van der Waals surface area contributed by atoms with Gasteiger partial charge in [-0.3, -0.25) is 19.1 Å². The van der Waals surface area contributed by atoms with Gasteiger partial charge in [-0.05, 0) is 24.7 Å². The predicted octanol–water partition coefficient (Wildman–Crippen LogP) is 0.980. The molecule has 0 bridgehead atoms. The second-order valence-electron chi connectivity index (χ2n) is 6.41. The number of nitrogens with zero attached hydrogens (tertiary/aromatic N) is 3. The van der Waals surface area contributed by atoms with Gasteiger partial charge in [0.1, 0.15) is 11.6 Å². The largest absolute Gasteiger partial charge is 0.501 e. The van der Waals surface area contributed by atoms with Crippen LogP contribution in [0.15, 0.2) is 29.1 Å². The first kappa shape index (κ1) is 21.8. The fraction of sp³-hybridized carbons (Fsp3) is 0.389. The molecule has 1 aliphatic heterocycles. The summed E-state index contributed by atoms with van der Waals surface area (Å²) in [5, 5.41) is 12.7. The first-order valence-electron chi connectivity index (χ1n) is 8.49. The van der Waals surface area contributed by atoms with E-state index in [1.165, 1.54) is 35.9 Å². The van der Waals surface area contributed by atoms with Gasteiger partial charge in [-0.1, -0.05) is 12.1 Å². The van der Waals surface area contributed by atoms with E-state index in [2.05, 4.69) is 10.3 Å². The summed E-state index contributed by atoms with van der Waals surface area (Å²) in [6.45, 7) is 1.67. The molecule has 1 aromatic carbocycles. The summed E-state index contributed by atoms with van der Waals surface area (Å²) >= 11 is 0. The molecule has 2 N–H and O–H groups in total. The standard InChI is InChI=1S/C18H21FN4O4.ClH/c1-22-7-8-27-10-13(22)16-21-14(15(24)18(26)23(16)2)17(25)20-9-11-3-5-12(19)6-4-11;/h3-6,13,24H,7-10H2,1-2H3,(H,20,25);1H. The number of carbonyl (C=O) groups is 1. The summed E-state index contributed by atoms with van der Waals surface area (Å²) in [5.74, 6) is -1.43. The van der Waals surface area contributed by atoms with Crippen LogP contribution in [0.1, 0.15) is 27.9 Å². The van der Waals surface area contributed by atoms with Gasteiger partial charge in [-0.2, -0.15) is 0 Å². The number of benzene rings is 1. The molecule has 1 fully saturated rings. The first-order chi connectivity index (χ1) is 12.9. The maximum atomic E-state index is 13.0. The van der Waals surface area contributed by atoms with Gasteiger partial charge in [0.15, 0.2) is 5.69 Å². The second kappa shape index (κ2) is 9.13. The van der Waals surface area contributed by atoms with Crippen molar-refractivity contribution >= 4 is 18.3 Å². The summed E-state index contributed by atoms with van der Waals surface area (Å²) < 4.78 is 19.6. The zero-order valence-corrected chi connectivity index (χ0v) is 16.3. The van der Waals surface area contributed by atoms with Crippen LogP contribution in [-0.4, -0.2) is 52.3 Å². The normalized spacial score (nSPS) is 17.0. The minimum absolute atomic E-state index is 0. The van der Waals surface area contributed by atoms with Crippen molar-refractivity contribution in [2.24, 2.45) is 7.05 Å². The first-order valence-corrected chi connectivity index (χ1v) is 8.49. The van der Waals surface area contributed by atoms with Crippen LogP contribution in [0.25, 0.3) is 0 Å². The zero-order valence-electron chi connectivity index (χ0n) is 15.5. The minimum Gasteiger partial charge on any atom is -0.501 e. The number of nitrogens with one attached hydrogen (secondary N) is 1. The molecule has 1 unspecified atom stereocenters. The highest BCUT2D eigenvalue weighted by Gasteiger charge is 2.28. The highest BCUT2D eigenvalue weighted by atomic mass is 35.5. The Morgan fingerprint density at radius 1 is 1.36 bits per heavy atom. The Hall–Kier alpha value is -2.49. The SMILES string of the molecule is CN1CCOCC1c1nc(C(=O)NCc2ccc(F)cc2)c(O)c(=O)n1C.Cl. The lowest BCUT2D eigenvalue weighted by atomic mass is 10.2. The third kappa shape index (κ3) is 4.49. The molecule has 152 valence electrons. The summed E-state index contributed by atoms with van der Waals surface area (Å²) in [5.41, 5.74) is -0.367. The van der Waals surface area contributed by atoms with Crippen molar-refractivity contribution in [2.45, 2.75) is 12.6 Å². The number of ether oxygens (including phenoxy) is 1. The summed E-state index contributed by atoms with van der Waals surface area (Å²) in [6.07, 6.45) is 0. The van der Waals surface area contributed by atoms with E-state index in [1.54, 1.807) is 0 Å². The molecule has 8 nitrogen and oxygen atoms in total. The molecule has 2 aromatic rings. The molecular formula is C18H22ClFN4O4. The Morgan fingerprint density at radius 2 is 2.04 bits per heavy atom. The van der Waals surface area contributed by atoms with E-state index in [0.717, 1.165) is 0 Å². The van der Waals surface area contributed by atoms with Crippen LogP contribution in [-0.2, 0) is 18.3 Å². The van der Waals surface area contributed by atoms with Gasteiger partial charge in [-0.15, -0.1) is 12.4 Å². The molecule has 2 heterocycles. The maximum Gasteiger partial charge on any atom is 0.296 e. The molecule has 0 radical (unpaired) electrons. The average Bonchev–Trinajstić information content (AvgIpc) is 2.66. The molecule has 1 aromatic heterocycles. The van der Waals surface area contributed by atoms with E-state index in [0.29, 0.717) is 31.1 Å². The average molecular weight is 413 g/mol. The van der Waals surface area contributed by atoms with E-state index < -0.39 is 17.2 Å². The summed E-state index contributed by atoms with van der Waals surface area (Å²) in [4.78, 5) is 31.1. The van der Waals surface area contributed by atoms with Gasteiger partial charge in [0.25, 0.3) is 11.5 Å². The van der Waals surface area contributed by atoms with Crippen molar-refractivity contribution in [3.63, 3.8) is 0 Å². The number of carbonyl (C=O) groups excluding carboxylic acids is 1. The molecule has 0 aliphatic carbocycles. The van der Waals surface area contributed by atoms with Crippen molar-refractivity contribution in [1.29, 1.82) is 0 Å². The van der Waals surface area contributed by atoms with E-state index in [4.69, 9.17) is 4.74 Å². The number of aromatic nitrogens is 2. The topological polar surface area (TPSA) is 96.7 Å². The van der Waals surface area contributed by atoms with Crippen molar-refractivity contribution in [3.05, 3.63) is 57.5 Å².